The van der Waals surface area contributed by atoms with Gasteiger partial charge in [-0.2, -0.15) is 0 Å². The Kier molecular flexibility index (Phi) is 5.90. The van der Waals surface area contributed by atoms with Crippen molar-refractivity contribution in [3.05, 3.63) is 157 Å². The fourth-order valence-corrected chi connectivity index (χ4v) is 6.06. The Morgan fingerprint density at radius 1 is 0.558 bits per heavy atom. The molecule has 2 N–H and O–H groups in total. The smallest absolute Gasteiger partial charge is 0.137 e. The molecule has 0 bridgehead atoms. The molecule has 0 aliphatic rings. The lowest BCUT2D eigenvalue weighted by Gasteiger charge is -2.09. The minimum Gasteiger partial charge on any atom is -0.456 e. The van der Waals surface area contributed by atoms with Gasteiger partial charge in [-0.25, -0.2) is 0 Å². The highest BCUT2D eigenvalue weighted by molar-refractivity contribution is 6.26. The maximum Gasteiger partial charge on any atom is 0.137 e. The van der Waals surface area contributed by atoms with E-state index in [0.29, 0.717) is 5.71 Å². The summed E-state index contributed by atoms with van der Waals surface area (Å²) in [6.45, 7) is 0. The fourth-order valence-electron chi connectivity index (χ4n) is 6.06. The molecule has 0 amide bonds. The third kappa shape index (κ3) is 4.28. The van der Waals surface area contributed by atoms with Crippen LogP contribution in [-0.2, 0) is 0 Å². The molecule has 0 radical (unpaired) electrons. The zero-order valence-electron chi connectivity index (χ0n) is 23.3. The SMILES string of the molecule is N=C(/C=C\Nn1c2cccc3oc4ccccc4c4cccc1c4c32)c1cccc(-c2ccc(-c3ccccc3)cc2)c1. The van der Waals surface area contributed by atoms with Gasteiger partial charge in [-0.05, 0) is 64.0 Å². The van der Waals surface area contributed by atoms with Gasteiger partial charge in [0.2, 0.25) is 0 Å². The van der Waals surface area contributed by atoms with E-state index in [0.717, 1.165) is 60.4 Å². The van der Waals surface area contributed by atoms with Crippen molar-refractivity contribution < 1.29 is 4.42 Å². The van der Waals surface area contributed by atoms with E-state index < -0.39 is 0 Å². The molecule has 6 aromatic carbocycles. The Morgan fingerprint density at radius 2 is 1.16 bits per heavy atom. The normalized spacial score (nSPS) is 11.7. The molecule has 0 spiro atoms. The number of nitrogens with zero attached hydrogens (tertiary/aromatic N) is 1. The maximum atomic E-state index is 8.82. The third-order valence-corrected chi connectivity index (χ3v) is 8.13. The number of para-hydroxylation sites is 1. The van der Waals surface area contributed by atoms with Crippen LogP contribution in [0.3, 0.4) is 0 Å². The van der Waals surface area contributed by atoms with Crippen LogP contribution in [0.5, 0.6) is 0 Å². The highest BCUT2D eigenvalue weighted by Gasteiger charge is 2.17. The first-order valence-corrected chi connectivity index (χ1v) is 14.4. The standard InChI is InChI=1S/C39H27N3O/c40-33(30-12-6-11-29(25-30)28-21-19-27(20-22-28)26-9-2-1-3-10-26)23-24-41-42-34-15-7-14-32-31-13-4-5-17-36(31)43-37-18-8-16-35(42)39(37)38(32)34/h1-25,40-41H/b24-23-,40-33?. The van der Waals surface area contributed by atoms with Crippen molar-refractivity contribution in [3.8, 4) is 22.3 Å². The van der Waals surface area contributed by atoms with Crippen molar-refractivity contribution in [1.29, 1.82) is 5.41 Å². The van der Waals surface area contributed by atoms with E-state index in [1.54, 1.807) is 6.08 Å². The molecule has 0 unspecified atom stereocenters. The monoisotopic (exact) mass is 553 g/mol. The first-order valence-electron chi connectivity index (χ1n) is 14.4. The summed E-state index contributed by atoms with van der Waals surface area (Å²) in [5.41, 5.74) is 13.1. The molecule has 2 heterocycles. The van der Waals surface area contributed by atoms with Crippen LogP contribution in [0.4, 0.5) is 0 Å². The van der Waals surface area contributed by atoms with Crippen LogP contribution in [0.1, 0.15) is 5.56 Å². The Bertz CT molecular complexity index is 2320. The van der Waals surface area contributed by atoms with E-state index in [1.807, 2.05) is 54.7 Å². The van der Waals surface area contributed by atoms with E-state index in [4.69, 9.17) is 9.83 Å². The quantitative estimate of drug-likeness (QED) is 0.201. The molecule has 8 rings (SSSR count). The molecule has 204 valence electrons. The van der Waals surface area contributed by atoms with Gasteiger partial charge >= 0.3 is 0 Å². The number of rotatable bonds is 6. The van der Waals surface area contributed by atoms with E-state index in [1.165, 1.54) is 11.1 Å². The Hall–Kier alpha value is -5.87. The van der Waals surface area contributed by atoms with Crippen molar-refractivity contribution in [1.82, 2.24) is 4.68 Å². The summed E-state index contributed by atoms with van der Waals surface area (Å²) in [4.78, 5) is 0. The number of hydrogen-bond donors (Lipinski definition) is 2. The summed E-state index contributed by atoms with van der Waals surface area (Å²) in [5.74, 6) is 0. The van der Waals surface area contributed by atoms with Crippen molar-refractivity contribution in [2.75, 3.05) is 5.43 Å². The van der Waals surface area contributed by atoms with E-state index in [9.17, 15) is 0 Å². The van der Waals surface area contributed by atoms with Gasteiger partial charge in [0.05, 0.1) is 22.1 Å². The van der Waals surface area contributed by atoms with E-state index >= 15 is 0 Å². The lowest BCUT2D eigenvalue weighted by molar-refractivity contribution is 0.664. The van der Waals surface area contributed by atoms with Crippen molar-refractivity contribution in [3.63, 3.8) is 0 Å². The van der Waals surface area contributed by atoms with Crippen LogP contribution >= 0.6 is 0 Å². The lowest BCUT2D eigenvalue weighted by Crippen LogP contribution is -2.08. The third-order valence-electron chi connectivity index (χ3n) is 8.13. The van der Waals surface area contributed by atoms with Crippen molar-refractivity contribution in [2.24, 2.45) is 0 Å². The summed E-state index contributed by atoms with van der Waals surface area (Å²) in [6.07, 6.45) is 3.64. The summed E-state index contributed by atoms with van der Waals surface area (Å²) >= 11 is 0. The largest absolute Gasteiger partial charge is 0.456 e. The number of benzene rings is 6. The molecule has 0 saturated heterocycles. The molecule has 4 heteroatoms. The zero-order chi connectivity index (χ0) is 28.8. The maximum absolute atomic E-state index is 8.82. The van der Waals surface area contributed by atoms with Gasteiger partial charge in [-0.3, -0.25) is 4.68 Å². The molecule has 0 aliphatic carbocycles. The van der Waals surface area contributed by atoms with Gasteiger partial charge in [0.25, 0.3) is 0 Å². The van der Waals surface area contributed by atoms with Crippen LogP contribution in [0, 0.1) is 5.41 Å². The first-order chi connectivity index (χ1) is 21.2. The lowest BCUT2D eigenvalue weighted by atomic mass is 9.98. The first kappa shape index (κ1) is 24.9. The van der Waals surface area contributed by atoms with E-state index in [2.05, 4.69) is 101 Å². The molecule has 43 heavy (non-hydrogen) atoms. The van der Waals surface area contributed by atoms with Crippen molar-refractivity contribution >= 4 is 49.5 Å². The molecule has 0 fully saturated rings. The average Bonchev–Trinajstić information content (AvgIpc) is 3.31. The zero-order valence-corrected chi connectivity index (χ0v) is 23.3. The summed E-state index contributed by atoms with van der Waals surface area (Å²) in [6, 6.07) is 47.8. The van der Waals surface area contributed by atoms with Crippen LogP contribution in [0.2, 0.25) is 0 Å². The predicted molar refractivity (Wildman–Crippen MR) is 179 cm³/mol. The summed E-state index contributed by atoms with van der Waals surface area (Å²) < 4.78 is 8.49. The molecule has 0 saturated carbocycles. The van der Waals surface area contributed by atoms with Gasteiger partial charge in [-0.1, -0.05) is 109 Å². The second-order valence-corrected chi connectivity index (χ2v) is 10.7. The summed E-state index contributed by atoms with van der Waals surface area (Å²) in [7, 11) is 0. The van der Waals surface area contributed by atoms with Crippen molar-refractivity contribution in [2.45, 2.75) is 0 Å². The minimum atomic E-state index is 0.427. The second-order valence-electron chi connectivity index (χ2n) is 10.7. The number of aromatic nitrogens is 1. The molecule has 4 nitrogen and oxygen atoms in total. The topological polar surface area (TPSA) is 54.0 Å². The van der Waals surface area contributed by atoms with Gasteiger partial charge < -0.3 is 15.3 Å². The molecule has 0 atom stereocenters. The Balaban J connectivity index is 1.11. The minimum absolute atomic E-state index is 0.427. The number of hydrogen-bond acceptors (Lipinski definition) is 3. The van der Waals surface area contributed by atoms with Gasteiger partial charge in [0, 0.05) is 22.5 Å². The average molecular weight is 554 g/mol. The highest BCUT2D eigenvalue weighted by Crippen LogP contribution is 2.38. The van der Waals surface area contributed by atoms with Crippen LogP contribution in [0.15, 0.2) is 156 Å². The van der Waals surface area contributed by atoms with Crippen LogP contribution in [0.25, 0.3) is 66.0 Å². The van der Waals surface area contributed by atoms with Gasteiger partial charge in [0.15, 0.2) is 0 Å². The molecule has 8 aromatic rings. The molecule has 2 aromatic heterocycles. The summed E-state index contributed by atoms with van der Waals surface area (Å²) in [5, 5.41) is 13.3. The molecule has 0 aliphatic heterocycles. The van der Waals surface area contributed by atoms with Crippen LogP contribution in [-0.4, -0.2) is 10.4 Å². The van der Waals surface area contributed by atoms with Gasteiger partial charge in [-0.15, -0.1) is 0 Å². The Labute approximate surface area is 248 Å². The number of nitrogens with one attached hydrogen (secondary N) is 2. The van der Waals surface area contributed by atoms with Gasteiger partial charge in [0.1, 0.15) is 11.2 Å². The van der Waals surface area contributed by atoms with E-state index in [-0.39, 0.29) is 0 Å². The number of allylic oxidation sites excluding steroid dienone is 1. The fraction of sp³-hybridized carbons (Fsp3) is 0. The molecular formula is C39H27N3O. The molecular weight excluding hydrogens is 526 g/mol. The van der Waals surface area contributed by atoms with Crippen LogP contribution < -0.4 is 5.43 Å². The number of fused-ring (bicyclic) bond motifs is 2. The highest BCUT2D eigenvalue weighted by atomic mass is 16.3. The Morgan fingerprint density at radius 3 is 2.00 bits per heavy atom. The predicted octanol–water partition coefficient (Wildman–Crippen LogP) is 10.2. The second kappa shape index (κ2) is 10.2.